The summed E-state index contributed by atoms with van der Waals surface area (Å²) >= 11 is 0. The fourth-order valence-electron chi connectivity index (χ4n) is 3.19. The molecule has 1 aromatic carbocycles. The number of hydrogen-bond acceptors (Lipinski definition) is 3. The third kappa shape index (κ3) is 5.39. The molecule has 2 aromatic rings. The lowest BCUT2D eigenvalue weighted by atomic mass is 9.99. The summed E-state index contributed by atoms with van der Waals surface area (Å²) in [6.45, 7) is 4.51. The van der Waals surface area contributed by atoms with Gasteiger partial charge in [-0.25, -0.2) is 13.1 Å². The first kappa shape index (κ1) is 21.8. The second-order valence-electron chi connectivity index (χ2n) is 7.58. The summed E-state index contributed by atoms with van der Waals surface area (Å²) in [7, 11) is -3.66. The molecule has 0 spiro atoms. The average Bonchev–Trinajstić information content (AvgIpc) is 3.43. The van der Waals surface area contributed by atoms with Crippen LogP contribution in [-0.2, 0) is 22.7 Å². The standard InChI is InChI=1S/C20H26F3N3O2S/c1-3-14(2)15-7-9-17(10-8-15)29(27,28)24-11-4-12-26-18(16-5-6-16)13-19(25-26)20(21,22)23/h7-10,13-14,16,24H,3-6,11-12H2,1-2H3. The molecule has 0 saturated heterocycles. The Bertz CT molecular complexity index is 933. The summed E-state index contributed by atoms with van der Waals surface area (Å²) in [6.07, 6.45) is -1.43. The molecule has 1 atom stereocenters. The minimum atomic E-state index is -4.47. The Hall–Kier alpha value is -1.87. The summed E-state index contributed by atoms with van der Waals surface area (Å²) in [4.78, 5) is 0.182. The zero-order valence-corrected chi connectivity index (χ0v) is 17.4. The van der Waals surface area contributed by atoms with Gasteiger partial charge in [0.25, 0.3) is 0 Å². The molecule has 0 radical (unpaired) electrons. The minimum absolute atomic E-state index is 0.124. The Morgan fingerprint density at radius 1 is 1.24 bits per heavy atom. The van der Waals surface area contributed by atoms with Crippen molar-refractivity contribution in [1.29, 1.82) is 0 Å². The molecule has 1 N–H and O–H groups in total. The van der Waals surface area contributed by atoms with E-state index in [-0.39, 0.29) is 23.9 Å². The van der Waals surface area contributed by atoms with Crippen LogP contribution in [0.5, 0.6) is 0 Å². The molecule has 0 bridgehead atoms. The quantitative estimate of drug-likeness (QED) is 0.590. The lowest BCUT2D eigenvalue weighted by Gasteiger charge is -2.11. The van der Waals surface area contributed by atoms with Gasteiger partial charge in [0.1, 0.15) is 0 Å². The molecule has 0 aliphatic heterocycles. The van der Waals surface area contributed by atoms with Crippen molar-refractivity contribution in [2.45, 2.75) is 69.0 Å². The van der Waals surface area contributed by atoms with Gasteiger partial charge < -0.3 is 0 Å². The predicted octanol–water partition coefficient (Wildman–Crippen LogP) is 4.66. The van der Waals surface area contributed by atoms with Crippen LogP contribution in [0.4, 0.5) is 13.2 Å². The van der Waals surface area contributed by atoms with Crippen LogP contribution in [0.2, 0.25) is 0 Å². The van der Waals surface area contributed by atoms with Crippen LogP contribution in [0.1, 0.15) is 68.3 Å². The Kier molecular flexibility index (Phi) is 6.38. The zero-order valence-electron chi connectivity index (χ0n) is 16.5. The Morgan fingerprint density at radius 3 is 2.45 bits per heavy atom. The highest BCUT2D eigenvalue weighted by molar-refractivity contribution is 7.89. The van der Waals surface area contributed by atoms with Gasteiger partial charge in [0.15, 0.2) is 5.69 Å². The molecule has 160 valence electrons. The van der Waals surface area contributed by atoms with Crippen LogP contribution >= 0.6 is 0 Å². The second-order valence-corrected chi connectivity index (χ2v) is 9.35. The average molecular weight is 430 g/mol. The summed E-state index contributed by atoms with van der Waals surface area (Å²) in [5.74, 6) is 0.482. The van der Waals surface area contributed by atoms with Gasteiger partial charge in [-0.05, 0) is 55.4 Å². The molecule has 1 aliphatic rings. The van der Waals surface area contributed by atoms with Gasteiger partial charge in [-0.3, -0.25) is 4.68 Å². The number of sulfonamides is 1. The first-order valence-electron chi connectivity index (χ1n) is 9.86. The summed E-state index contributed by atoms with van der Waals surface area (Å²) in [6, 6.07) is 7.90. The first-order chi connectivity index (χ1) is 13.6. The smallest absolute Gasteiger partial charge is 0.269 e. The van der Waals surface area contributed by atoms with Crippen molar-refractivity contribution in [3.8, 4) is 0 Å². The summed E-state index contributed by atoms with van der Waals surface area (Å²) in [5.41, 5.74) is 0.778. The fourth-order valence-corrected chi connectivity index (χ4v) is 4.26. The van der Waals surface area contributed by atoms with E-state index in [2.05, 4.69) is 23.7 Å². The number of hydrogen-bond donors (Lipinski definition) is 1. The molecular weight excluding hydrogens is 403 g/mol. The zero-order chi connectivity index (χ0) is 21.2. The number of aromatic nitrogens is 2. The van der Waals surface area contributed by atoms with Gasteiger partial charge in [-0.2, -0.15) is 18.3 Å². The van der Waals surface area contributed by atoms with Crippen molar-refractivity contribution in [3.63, 3.8) is 0 Å². The number of benzene rings is 1. The monoisotopic (exact) mass is 429 g/mol. The van der Waals surface area contributed by atoms with Crippen LogP contribution < -0.4 is 4.72 Å². The van der Waals surface area contributed by atoms with Crippen LogP contribution in [0.3, 0.4) is 0 Å². The second kappa shape index (κ2) is 8.47. The van der Waals surface area contributed by atoms with Crippen molar-refractivity contribution in [1.82, 2.24) is 14.5 Å². The first-order valence-corrected chi connectivity index (χ1v) is 11.3. The Balaban J connectivity index is 1.58. The van der Waals surface area contributed by atoms with Crippen molar-refractivity contribution in [2.75, 3.05) is 6.54 Å². The Labute approximate surface area is 169 Å². The molecule has 1 fully saturated rings. The molecule has 9 heteroatoms. The highest BCUT2D eigenvalue weighted by atomic mass is 32.2. The number of aryl methyl sites for hydroxylation is 1. The van der Waals surface area contributed by atoms with Gasteiger partial charge in [0, 0.05) is 24.7 Å². The molecular formula is C20H26F3N3O2S. The lowest BCUT2D eigenvalue weighted by Crippen LogP contribution is -2.26. The number of halogens is 3. The molecule has 1 aromatic heterocycles. The maximum atomic E-state index is 12.9. The van der Waals surface area contributed by atoms with Crippen LogP contribution in [0, 0.1) is 0 Å². The van der Waals surface area contributed by atoms with E-state index in [1.54, 1.807) is 12.1 Å². The molecule has 1 aliphatic carbocycles. The van der Waals surface area contributed by atoms with Gasteiger partial charge >= 0.3 is 6.18 Å². The number of alkyl halides is 3. The van der Waals surface area contributed by atoms with E-state index in [0.717, 1.165) is 30.9 Å². The van der Waals surface area contributed by atoms with Gasteiger partial charge in [0.05, 0.1) is 4.90 Å². The number of nitrogens with one attached hydrogen (secondary N) is 1. The van der Waals surface area contributed by atoms with E-state index in [1.165, 1.54) is 4.68 Å². The molecule has 5 nitrogen and oxygen atoms in total. The van der Waals surface area contributed by atoms with Crippen LogP contribution in [0.25, 0.3) is 0 Å². The molecule has 1 heterocycles. The molecule has 1 saturated carbocycles. The van der Waals surface area contributed by atoms with Gasteiger partial charge in [-0.15, -0.1) is 0 Å². The maximum absolute atomic E-state index is 12.9. The van der Waals surface area contributed by atoms with Crippen LogP contribution in [0.15, 0.2) is 35.2 Å². The lowest BCUT2D eigenvalue weighted by molar-refractivity contribution is -0.141. The van der Waals surface area contributed by atoms with E-state index in [0.29, 0.717) is 18.0 Å². The number of rotatable bonds is 9. The molecule has 1 unspecified atom stereocenters. The van der Waals surface area contributed by atoms with Crippen molar-refractivity contribution < 1.29 is 21.6 Å². The van der Waals surface area contributed by atoms with E-state index in [1.807, 2.05) is 12.1 Å². The Morgan fingerprint density at radius 2 is 1.90 bits per heavy atom. The predicted molar refractivity (Wildman–Crippen MR) is 104 cm³/mol. The van der Waals surface area contributed by atoms with Gasteiger partial charge in [0.2, 0.25) is 10.0 Å². The SMILES string of the molecule is CCC(C)c1ccc(S(=O)(=O)NCCCn2nc(C(F)(F)F)cc2C2CC2)cc1. The van der Waals surface area contributed by atoms with E-state index in [4.69, 9.17) is 0 Å². The largest absolute Gasteiger partial charge is 0.435 e. The van der Waals surface area contributed by atoms with E-state index >= 15 is 0 Å². The summed E-state index contributed by atoms with van der Waals surface area (Å²) in [5, 5.41) is 3.68. The van der Waals surface area contributed by atoms with Crippen LogP contribution in [-0.4, -0.2) is 24.7 Å². The fraction of sp³-hybridized carbons (Fsp3) is 0.550. The van der Waals surface area contributed by atoms with Gasteiger partial charge in [-0.1, -0.05) is 26.0 Å². The number of nitrogens with zero attached hydrogens (tertiary/aromatic N) is 2. The summed E-state index contributed by atoms with van der Waals surface area (Å²) < 4.78 is 67.5. The molecule has 3 rings (SSSR count). The van der Waals surface area contributed by atoms with Crippen molar-refractivity contribution >= 4 is 10.0 Å². The maximum Gasteiger partial charge on any atom is 0.435 e. The highest BCUT2D eigenvalue weighted by Crippen LogP contribution is 2.42. The van der Waals surface area contributed by atoms with Crippen molar-refractivity contribution in [2.24, 2.45) is 0 Å². The topological polar surface area (TPSA) is 64.0 Å². The molecule has 0 amide bonds. The van der Waals surface area contributed by atoms with E-state index in [9.17, 15) is 21.6 Å². The van der Waals surface area contributed by atoms with Crippen molar-refractivity contribution in [3.05, 3.63) is 47.3 Å². The third-order valence-corrected chi connectivity index (χ3v) is 6.78. The van der Waals surface area contributed by atoms with E-state index < -0.39 is 21.9 Å². The normalized spacial score (nSPS) is 16.2. The third-order valence-electron chi connectivity index (χ3n) is 5.31. The highest BCUT2D eigenvalue weighted by Gasteiger charge is 2.37. The minimum Gasteiger partial charge on any atom is -0.269 e. The molecule has 29 heavy (non-hydrogen) atoms.